The predicted molar refractivity (Wildman–Crippen MR) is 71.8 cm³/mol. The van der Waals surface area contributed by atoms with Crippen LogP contribution in [0.2, 0.25) is 0 Å². The number of hydrogen-bond donors (Lipinski definition) is 3. The van der Waals surface area contributed by atoms with Crippen LogP contribution < -0.4 is 0 Å². The fourth-order valence-electron chi connectivity index (χ4n) is 1.27. The maximum Gasteiger partial charge on any atom is 0.175 e. The topological polar surface area (TPSA) is 99.3 Å². The van der Waals surface area contributed by atoms with Gasteiger partial charge in [0.25, 0.3) is 0 Å². The number of rotatable bonds is 9. The van der Waals surface area contributed by atoms with Crippen molar-refractivity contribution in [1.82, 2.24) is 0 Å². The first-order valence-electron chi connectivity index (χ1n) is 6.53. The Bertz CT molecular complexity index is 293. The van der Waals surface area contributed by atoms with E-state index in [9.17, 15) is 20.1 Å². The van der Waals surface area contributed by atoms with Gasteiger partial charge in [-0.1, -0.05) is 32.9 Å². The number of nitrogens with zero attached hydrogens (tertiary/aromatic N) is 1. The molecule has 6 nitrogen and oxygen atoms in total. The fraction of sp³-hybridized carbons (Fsp3) is 0.846. The first-order valence-corrected chi connectivity index (χ1v) is 6.53. The van der Waals surface area contributed by atoms with Crippen molar-refractivity contribution in [1.29, 1.82) is 0 Å². The average Bonchev–Trinajstić information content (AvgIpc) is 2.39. The van der Waals surface area contributed by atoms with Crippen molar-refractivity contribution in [2.75, 3.05) is 6.61 Å². The van der Waals surface area contributed by atoms with Crippen molar-refractivity contribution >= 4 is 12.0 Å². The highest BCUT2D eigenvalue weighted by Gasteiger charge is 2.27. The Balaban J connectivity index is 4.15. The molecule has 0 aromatic heterocycles. The number of hydrogen-bond acceptors (Lipinski definition) is 6. The zero-order valence-electron chi connectivity index (χ0n) is 12.0. The van der Waals surface area contributed by atoms with Gasteiger partial charge in [0.05, 0.1) is 12.2 Å². The minimum Gasteiger partial charge on any atom is -0.390 e. The average molecular weight is 275 g/mol. The Morgan fingerprint density at radius 2 is 1.79 bits per heavy atom. The van der Waals surface area contributed by atoms with Crippen molar-refractivity contribution in [3.63, 3.8) is 0 Å². The van der Waals surface area contributed by atoms with E-state index in [0.29, 0.717) is 6.42 Å². The van der Waals surface area contributed by atoms with Crippen molar-refractivity contribution in [2.45, 2.75) is 52.4 Å². The number of Topliss-reactive ketones (excluding diaryl/α,β-unsaturated/α-hetero) is 1. The minimum absolute atomic E-state index is 0.0632. The van der Waals surface area contributed by atoms with E-state index in [4.69, 9.17) is 4.84 Å². The van der Waals surface area contributed by atoms with Gasteiger partial charge < -0.3 is 20.2 Å². The first-order chi connectivity index (χ1) is 8.81. The van der Waals surface area contributed by atoms with Crippen molar-refractivity contribution in [2.24, 2.45) is 17.0 Å². The van der Waals surface area contributed by atoms with E-state index in [1.807, 2.05) is 0 Å². The molecule has 3 N–H and O–H groups in total. The number of aliphatic hydroxyl groups excluding tert-OH is 3. The lowest BCUT2D eigenvalue weighted by atomic mass is 9.96. The summed E-state index contributed by atoms with van der Waals surface area (Å²) in [7, 11) is 0. The van der Waals surface area contributed by atoms with E-state index in [-0.39, 0.29) is 18.3 Å². The highest BCUT2D eigenvalue weighted by Crippen LogP contribution is 2.11. The molecule has 0 radical (unpaired) electrons. The van der Waals surface area contributed by atoms with Gasteiger partial charge in [-0.3, -0.25) is 4.79 Å². The maximum atomic E-state index is 11.2. The lowest BCUT2D eigenvalue weighted by molar-refractivity contribution is -0.126. The lowest BCUT2D eigenvalue weighted by Crippen LogP contribution is -2.41. The van der Waals surface area contributed by atoms with Gasteiger partial charge >= 0.3 is 0 Å². The molecule has 0 unspecified atom stereocenters. The molecule has 0 aromatic carbocycles. The van der Waals surface area contributed by atoms with Crippen LogP contribution in [0.1, 0.15) is 34.1 Å². The van der Waals surface area contributed by atoms with E-state index in [1.165, 1.54) is 6.21 Å². The molecule has 0 saturated carbocycles. The standard InChI is InChI=1S/C13H25NO5/c1-5-10(15)13(18)12(17)9(4)6-14-19-7-11(16)8(2)3/h6,8-10,12-13,15,17-18H,5,7H2,1-4H3/b14-6+/t9-,10+,12+,13+/m0/s1. The molecule has 0 aliphatic heterocycles. The maximum absolute atomic E-state index is 11.2. The third-order valence-corrected chi connectivity index (χ3v) is 2.92. The SMILES string of the molecule is CC[C@@H](O)[C@@H](O)[C@H](O)[C@@H](C)/C=N/OCC(=O)C(C)C. The van der Waals surface area contributed by atoms with Gasteiger partial charge in [0.15, 0.2) is 12.4 Å². The van der Waals surface area contributed by atoms with Crippen LogP contribution in [0.15, 0.2) is 5.16 Å². The Morgan fingerprint density at radius 3 is 2.26 bits per heavy atom. The Labute approximate surface area is 114 Å². The summed E-state index contributed by atoms with van der Waals surface area (Å²) >= 11 is 0. The molecule has 0 aliphatic carbocycles. The van der Waals surface area contributed by atoms with Crippen LogP contribution in [0.5, 0.6) is 0 Å². The summed E-state index contributed by atoms with van der Waals surface area (Å²) in [6, 6.07) is 0. The molecule has 4 atom stereocenters. The quantitative estimate of drug-likeness (QED) is 0.416. The molecule has 0 fully saturated rings. The Hall–Kier alpha value is -0.980. The first kappa shape index (κ1) is 18.0. The molecular weight excluding hydrogens is 250 g/mol. The van der Waals surface area contributed by atoms with Gasteiger partial charge in [-0.25, -0.2) is 0 Å². The van der Waals surface area contributed by atoms with E-state index in [1.54, 1.807) is 27.7 Å². The Morgan fingerprint density at radius 1 is 1.21 bits per heavy atom. The predicted octanol–water partition coefficient (Wildman–Crippen LogP) is 0.343. The van der Waals surface area contributed by atoms with Crippen LogP contribution in [0.3, 0.4) is 0 Å². The molecule has 0 aliphatic rings. The van der Waals surface area contributed by atoms with Crippen LogP contribution in [-0.2, 0) is 9.63 Å². The monoisotopic (exact) mass is 275 g/mol. The van der Waals surface area contributed by atoms with Crippen molar-refractivity contribution in [3.05, 3.63) is 0 Å². The van der Waals surface area contributed by atoms with Gasteiger partial charge in [0.1, 0.15) is 6.10 Å². The van der Waals surface area contributed by atoms with E-state index >= 15 is 0 Å². The van der Waals surface area contributed by atoms with Crippen LogP contribution in [-0.4, -0.2) is 52.2 Å². The van der Waals surface area contributed by atoms with E-state index < -0.39 is 24.2 Å². The van der Waals surface area contributed by atoms with Gasteiger partial charge in [-0.15, -0.1) is 0 Å². The molecular formula is C13H25NO5. The molecule has 0 aromatic rings. The molecule has 0 spiro atoms. The van der Waals surface area contributed by atoms with Crippen LogP contribution in [0.25, 0.3) is 0 Å². The van der Waals surface area contributed by atoms with Crippen LogP contribution in [0.4, 0.5) is 0 Å². The number of carbonyl (C=O) groups excluding carboxylic acids is 1. The second kappa shape index (κ2) is 9.01. The lowest BCUT2D eigenvalue weighted by Gasteiger charge is -2.24. The summed E-state index contributed by atoms with van der Waals surface area (Å²) in [4.78, 5) is 16.0. The van der Waals surface area contributed by atoms with E-state index in [0.717, 1.165) is 0 Å². The smallest absolute Gasteiger partial charge is 0.175 e. The molecule has 0 amide bonds. The second-order valence-corrected chi connectivity index (χ2v) is 4.96. The van der Waals surface area contributed by atoms with Gasteiger partial charge in [-0.2, -0.15) is 0 Å². The van der Waals surface area contributed by atoms with Gasteiger partial charge in [0.2, 0.25) is 0 Å². The second-order valence-electron chi connectivity index (χ2n) is 4.96. The van der Waals surface area contributed by atoms with Crippen molar-refractivity contribution in [3.8, 4) is 0 Å². The fourth-order valence-corrected chi connectivity index (χ4v) is 1.27. The summed E-state index contributed by atoms with van der Waals surface area (Å²) in [6.07, 6.45) is -1.69. The molecule has 6 heteroatoms. The molecule has 0 bridgehead atoms. The molecule has 0 rings (SSSR count). The third-order valence-electron chi connectivity index (χ3n) is 2.92. The zero-order valence-corrected chi connectivity index (χ0v) is 12.0. The highest BCUT2D eigenvalue weighted by atomic mass is 16.6. The minimum atomic E-state index is -1.23. The molecule has 0 saturated heterocycles. The molecule has 0 heterocycles. The third kappa shape index (κ3) is 6.66. The summed E-state index contributed by atoms with van der Waals surface area (Å²) < 4.78 is 0. The summed E-state index contributed by atoms with van der Waals surface area (Å²) in [6.45, 7) is 6.76. The molecule has 19 heavy (non-hydrogen) atoms. The largest absolute Gasteiger partial charge is 0.390 e. The number of ketones is 1. The highest BCUT2D eigenvalue weighted by molar-refractivity contribution is 5.81. The summed E-state index contributed by atoms with van der Waals surface area (Å²) in [5.74, 6) is -0.670. The van der Waals surface area contributed by atoms with Crippen LogP contribution in [0, 0.1) is 11.8 Å². The summed E-state index contributed by atoms with van der Waals surface area (Å²) in [5, 5.41) is 32.4. The normalized spacial score (nSPS) is 18.3. The Kier molecular flexibility index (Phi) is 8.54. The van der Waals surface area contributed by atoms with Crippen molar-refractivity contribution < 1.29 is 25.0 Å². The number of aliphatic hydroxyl groups is 3. The van der Waals surface area contributed by atoms with Gasteiger partial charge in [-0.05, 0) is 6.42 Å². The van der Waals surface area contributed by atoms with Crippen LogP contribution >= 0.6 is 0 Å². The summed E-state index contributed by atoms with van der Waals surface area (Å²) in [5.41, 5.74) is 0. The number of carbonyl (C=O) groups is 1. The molecule has 112 valence electrons. The van der Waals surface area contributed by atoms with Gasteiger partial charge in [0, 0.05) is 18.1 Å². The zero-order chi connectivity index (χ0) is 15.0. The number of oxime groups is 1. The van der Waals surface area contributed by atoms with E-state index in [2.05, 4.69) is 5.16 Å².